The normalized spacial score (nSPS) is 17.9. The molecule has 0 radical (unpaired) electrons. The standard InChI is InChI=1S/C18H21BN4O4.CHN/c1-11-7-12-8-13(4-5-16(12)27-19(11)25)21-18-15(17(20)24)9-23(22-18)14-3-2-6-26-10-14;1-2/h4-5,7-9,14,25H,2-3,6,10H2,1H3,(H2,20,24)(H,21,22);1H. The summed E-state index contributed by atoms with van der Waals surface area (Å²) >= 11 is 0. The number of hydrogen-bond donors (Lipinski definition) is 3. The summed E-state index contributed by atoms with van der Waals surface area (Å²) in [6, 6.07) is 5.53. The molecule has 0 bridgehead atoms. The molecule has 29 heavy (non-hydrogen) atoms. The molecule has 2 aliphatic rings. The van der Waals surface area contributed by atoms with Crippen molar-refractivity contribution in [3.63, 3.8) is 0 Å². The van der Waals surface area contributed by atoms with E-state index in [1.807, 2.05) is 12.1 Å². The number of anilines is 2. The van der Waals surface area contributed by atoms with Crippen LogP contribution in [0.15, 0.2) is 29.9 Å². The fourth-order valence-corrected chi connectivity index (χ4v) is 3.30. The molecule has 1 fully saturated rings. The van der Waals surface area contributed by atoms with Crippen molar-refractivity contribution < 1.29 is 19.2 Å². The molecule has 4 rings (SSSR count). The van der Waals surface area contributed by atoms with Crippen LogP contribution in [0.4, 0.5) is 11.5 Å². The Bertz CT molecular complexity index is 949. The lowest BCUT2D eigenvalue weighted by molar-refractivity contribution is 0.0550. The van der Waals surface area contributed by atoms with E-state index < -0.39 is 13.0 Å². The van der Waals surface area contributed by atoms with Crippen molar-refractivity contribution in [3.8, 4) is 12.3 Å². The number of nitriles is 1. The fourth-order valence-electron chi connectivity index (χ4n) is 3.30. The lowest BCUT2D eigenvalue weighted by Gasteiger charge is -2.22. The Labute approximate surface area is 168 Å². The highest BCUT2D eigenvalue weighted by Gasteiger charge is 2.25. The molecule has 1 atom stereocenters. The van der Waals surface area contributed by atoms with Crippen molar-refractivity contribution >= 4 is 30.6 Å². The Morgan fingerprint density at radius 1 is 1.48 bits per heavy atom. The summed E-state index contributed by atoms with van der Waals surface area (Å²) in [6.45, 7) is 6.62. The number of nitrogens with two attached hydrogens (primary N) is 1. The zero-order valence-corrected chi connectivity index (χ0v) is 16.0. The first-order chi connectivity index (χ1) is 14.0. The second kappa shape index (κ2) is 8.81. The second-order valence-electron chi connectivity index (χ2n) is 6.84. The molecule has 0 aliphatic carbocycles. The van der Waals surface area contributed by atoms with Crippen LogP contribution in [0.5, 0.6) is 5.75 Å². The molecule has 10 heteroatoms. The fraction of sp³-hybridized carbons (Fsp3) is 0.316. The molecule has 0 saturated carbocycles. The van der Waals surface area contributed by atoms with E-state index in [1.165, 1.54) is 0 Å². The first kappa shape index (κ1) is 20.4. The number of fused-ring (bicyclic) bond motifs is 1. The molecule has 1 saturated heterocycles. The van der Waals surface area contributed by atoms with E-state index in [0.29, 0.717) is 23.7 Å². The van der Waals surface area contributed by atoms with E-state index in [-0.39, 0.29) is 6.04 Å². The molecule has 150 valence electrons. The summed E-state index contributed by atoms with van der Waals surface area (Å²) in [6.07, 6.45) is 5.44. The van der Waals surface area contributed by atoms with Crippen molar-refractivity contribution in [3.05, 3.63) is 41.0 Å². The van der Waals surface area contributed by atoms with Crippen LogP contribution < -0.4 is 15.7 Å². The third-order valence-electron chi connectivity index (χ3n) is 4.79. The van der Waals surface area contributed by atoms with Crippen LogP contribution in [0.25, 0.3) is 6.08 Å². The number of allylic oxidation sites excluding steroid dienone is 1. The molecule has 9 nitrogen and oxygen atoms in total. The van der Waals surface area contributed by atoms with Crippen LogP contribution >= 0.6 is 0 Å². The Hall–Kier alpha value is -3.29. The van der Waals surface area contributed by atoms with Crippen LogP contribution in [0, 0.1) is 11.8 Å². The number of ether oxygens (including phenoxy) is 1. The minimum Gasteiger partial charge on any atom is -0.532 e. The number of rotatable bonds is 4. The molecule has 1 unspecified atom stereocenters. The average Bonchev–Trinajstić information content (AvgIpc) is 3.15. The molecule has 1 aromatic heterocycles. The van der Waals surface area contributed by atoms with Gasteiger partial charge in [0.2, 0.25) is 0 Å². The number of primary amides is 1. The number of benzene rings is 1. The molecule has 4 N–H and O–H groups in total. The Kier molecular flexibility index (Phi) is 6.21. The molecule has 2 aromatic rings. The van der Waals surface area contributed by atoms with E-state index in [9.17, 15) is 9.82 Å². The molecular formula is C19H22BN5O4. The Balaban J connectivity index is 0.00000117. The summed E-state index contributed by atoms with van der Waals surface area (Å²) in [4.78, 5) is 11.9. The maximum Gasteiger partial charge on any atom is 0.555 e. The maximum atomic E-state index is 11.9. The predicted molar refractivity (Wildman–Crippen MR) is 108 cm³/mol. The summed E-state index contributed by atoms with van der Waals surface area (Å²) in [7, 11) is -0.925. The Morgan fingerprint density at radius 2 is 2.28 bits per heavy atom. The van der Waals surface area contributed by atoms with Crippen LogP contribution in [-0.4, -0.2) is 41.0 Å². The van der Waals surface area contributed by atoms with Crippen LogP contribution in [0.3, 0.4) is 0 Å². The maximum absolute atomic E-state index is 11.9. The van der Waals surface area contributed by atoms with E-state index >= 15 is 0 Å². The lowest BCUT2D eigenvalue weighted by atomic mass is 9.76. The number of carbonyl (C=O) groups is 1. The van der Waals surface area contributed by atoms with Gasteiger partial charge in [0.15, 0.2) is 5.82 Å². The smallest absolute Gasteiger partial charge is 0.532 e. The minimum atomic E-state index is -0.925. The van der Waals surface area contributed by atoms with Crippen molar-refractivity contribution in [2.45, 2.75) is 25.8 Å². The summed E-state index contributed by atoms with van der Waals surface area (Å²) in [5.41, 5.74) is 8.16. The summed E-state index contributed by atoms with van der Waals surface area (Å²) in [5.74, 6) is 0.463. The third kappa shape index (κ3) is 4.42. The molecule has 2 aliphatic heterocycles. The quantitative estimate of drug-likeness (QED) is 0.674. The zero-order valence-electron chi connectivity index (χ0n) is 16.0. The highest BCUT2D eigenvalue weighted by Crippen LogP contribution is 2.32. The van der Waals surface area contributed by atoms with Crippen molar-refractivity contribution in [2.24, 2.45) is 5.73 Å². The topological polar surface area (TPSA) is 135 Å². The number of nitrogens with zero attached hydrogens (tertiary/aromatic N) is 3. The van der Waals surface area contributed by atoms with Crippen LogP contribution in [0.1, 0.15) is 41.7 Å². The molecule has 1 amide bonds. The zero-order chi connectivity index (χ0) is 21.0. The second-order valence-corrected chi connectivity index (χ2v) is 6.84. The van der Waals surface area contributed by atoms with Gasteiger partial charge in [0, 0.05) is 30.6 Å². The van der Waals surface area contributed by atoms with Crippen LogP contribution in [0.2, 0.25) is 0 Å². The highest BCUT2D eigenvalue weighted by atomic mass is 16.5. The van der Waals surface area contributed by atoms with Crippen molar-refractivity contribution in [1.29, 1.82) is 5.26 Å². The first-order valence-corrected chi connectivity index (χ1v) is 9.18. The summed E-state index contributed by atoms with van der Waals surface area (Å²) in [5, 5.41) is 24.0. The monoisotopic (exact) mass is 395 g/mol. The first-order valence-electron chi connectivity index (χ1n) is 9.18. The van der Waals surface area contributed by atoms with Gasteiger partial charge in [-0.1, -0.05) is 6.08 Å². The van der Waals surface area contributed by atoms with Crippen molar-refractivity contribution in [2.75, 3.05) is 18.5 Å². The van der Waals surface area contributed by atoms with E-state index in [4.69, 9.17) is 20.4 Å². The Morgan fingerprint density at radius 3 is 2.97 bits per heavy atom. The van der Waals surface area contributed by atoms with Gasteiger partial charge in [-0.3, -0.25) is 9.48 Å². The molecule has 1 aromatic carbocycles. The number of nitrogens with one attached hydrogen (secondary N) is 1. The van der Waals surface area contributed by atoms with Gasteiger partial charge in [-0.05, 0) is 43.4 Å². The van der Waals surface area contributed by atoms with Crippen molar-refractivity contribution in [1.82, 2.24) is 9.78 Å². The number of amides is 1. The average molecular weight is 395 g/mol. The van der Waals surface area contributed by atoms with Gasteiger partial charge in [-0.2, -0.15) is 5.10 Å². The molecule has 3 heterocycles. The van der Waals surface area contributed by atoms with Gasteiger partial charge < -0.3 is 25.5 Å². The van der Waals surface area contributed by atoms with Gasteiger partial charge in [0.25, 0.3) is 5.91 Å². The molecule has 0 spiro atoms. The number of carbonyl (C=O) groups excluding carboxylic acids is 1. The highest BCUT2D eigenvalue weighted by molar-refractivity contribution is 6.54. The van der Waals surface area contributed by atoms with Gasteiger partial charge in [0.05, 0.1) is 12.6 Å². The number of hydrogen-bond acceptors (Lipinski definition) is 7. The van der Waals surface area contributed by atoms with E-state index in [2.05, 4.69) is 17.0 Å². The SMILES string of the molecule is C#N.CC1=Cc2cc(Nc3nn(C4CCCOC4)cc3C(N)=O)ccc2OB1O. The van der Waals surface area contributed by atoms with E-state index in [1.54, 1.807) is 29.9 Å². The predicted octanol–water partition coefficient (Wildman–Crippen LogP) is 2.03. The van der Waals surface area contributed by atoms with E-state index in [0.717, 1.165) is 36.2 Å². The lowest BCUT2D eigenvalue weighted by Crippen LogP contribution is -2.26. The number of aromatic nitrogens is 2. The minimum absolute atomic E-state index is 0.0939. The third-order valence-corrected chi connectivity index (χ3v) is 4.79. The van der Waals surface area contributed by atoms with Gasteiger partial charge in [-0.15, -0.1) is 0 Å². The van der Waals surface area contributed by atoms with Gasteiger partial charge in [-0.25, -0.2) is 5.26 Å². The summed E-state index contributed by atoms with van der Waals surface area (Å²) < 4.78 is 12.7. The van der Waals surface area contributed by atoms with Gasteiger partial charge >= 0.3 is 7.12 Å². The largest absolute Gasteiger partial charge is 0.555 e. The van der Waals surface area contributed by atoms with Gasteiger partial charge in [0.1, 0.15) is 11.3 Å². The molecular weight excluding hydrogens is 373 g/mol. The van der Waals surface area contributed by atoms with Crippen LogP contribution in [-0.2, 0) is 4.74 Å².